The smallest absolute Gasteiger partial charge is 0.269 e. The number of rotatable bonds is 2. The Labute approximate surface area is 119 Å². The lowest BCUT2D eigenvalue weighted by Gasteiger charge is -2.10. The second-order valence-electron chi connectivity index (χ2n) is 4.66. The zero-order valence-corrected chi connectivity index (χ0v) is 11.2. The highest BCUT2D eigenvalue weighted by atomic mass is 16.6. The molecule has 2 heterocycles. The first-order valence-corrected chi connectivity index (χ1v) is 6.30. The molecule has 0 bridgehead atoms. The zero-order chi connectivity index (χ0) is 15.0. The molecule has 0 N–H and O–H groups in total. The number of benzene rings is 1. The number of nitro groups is 1. The van der Waals surface area contributed by atoms with Crippen LogP contribution in [0.3, 0.4) is 0 Å². The molecule has 21 heavy (non-hydrogen) atoms. The van der Waals surface area contributed by atoms with Gasteiger partial charge in [-0.3, -0.25) is 19.5 Å². The van der Waals surface area contributed by atoms with Gasteiger partial charge in [-0.05, 0) is 31.2 Å². The number of hydrogen-bond acceptors (Lipinski definition) is 4. The summed E-state index contributed by atoms with van der Waals surface area (Å²) in [5.41, 5.74) is 1.17. The Morgan fingerprint density at radius 3 is 2.76 bits per heavy atom. The third kappa shape index (κ3) is 2.16. The lowest BCUT2D eigenvalue weighted by Crippen LogP contribution is -2.21. The zero-order valence-electron chi connectivity index (χ0n) is 11.2. The summed E-state index contributed by atoms with van der Waals surface area (Å²) in [7, 11) is 0. The van der Waals surface area contributed by atoms with Gasteiger partial charge in [0.05, 0.1) is 10.6 Å². The van der Waals surface area contributed by atoms with E-state index < -0.39 is 4.92 Å². The summed E-state index contributed by atoms with van der Waals surface area (Å²) >= 11 is 0. The van der Waals surface area contributed by atoms with Crippen LogP contribution in [-0.4, -0.2) is 14.5 Å². The van der Waals surface area contributed by atoms with Crippen LogP contribution in [0.5, 0.6) is 0 Å². The lowest BCUT2D eigenvalue weighted by molar-refractivity contribution is -0.384. The molecule has 0 spiro atoms. The van der Waals surface area contributed by atoms with Crippen LogP contribution in [0.4, 0.5) is 5.69 Å². The van der Waals surface area contributed by atoms with Crippen LogP contribution in [-0.2, 0) is 0 Å². The molecule has 0 aliphatic carbocycles. The van der Waals surface area contributed by atoms with Gasteiger partial charge in [0.2, 0.25) is 0 Å². The highest BCUT2D eigenvalue weighted by Gasteiger charge is 2.12. The van der Waals surface area contributed by atoms with Crippen molar-refractivity contribution >= 4 is 16.7 Å². The van der Waals surface area contributed by atoms with E-state index in [9.17, 15) is 14.9 Å². The van der Waals surface area contributed by atoms with E-state index in [1.165, 1.54) is 16.7 Å². The maximum Gasteiger partial charge on any atom is 0.271 e. The summed E-state index contributed by atoms with van der Waals surface area (Å²) < 4.78 is 1.40. The molecule has 0 aliphatic heterocycles. The minimum atomic E-state index is -0.486. The molecule has 3 aromatic rings. The summed E-state index contributed by atoms with van der Waals surface area (Å²) in [6, 6.07) is 11.4. The summed E-state index contributed by atoms with van der Waals surface area (Å²) in [5.74, 6) is 0. The molecule has 3 rings (SSSR count). The SMILES string of the molecule is Cc1cc2cccnc2n(-c2cccc([N+](=O)[O-])c2)c1=O. The topological polar surface area (TPSA) is 78.0 Å². The molecule has 0 fully saturated rings. The molecule has 6 nitrogen and oxygen atoms in total. The van der Waals surface area contributed by atoms with E-state index in [2.05, 4.69) is 4.98 Å². The molecule has 0 saturated heterocycles. The standard InChI is InChI=1S/C15H11N3O3/c1-10-8-11-4-3-7-16-14(11)17(15(10)19)12-5-2-6-13(9-12)18(20)21/h2-9H,1H3. The summed E-state index contributed by atoms with van der Waals surface area (Å²) in [6.45, 7) is 1.71. The first-order valence-electron chi connectivity index (χ1n) is 6.30. The lowest BCUT2D eigenvalue weighted by atomic mass is 10.2. The van der Waals surface area contributed by atoms with Crippen molar-refractivity contribution in [2.45, 2.75) is 6.92 Å². The van der Waals surface area contributed by atoms with Gasteiger partial charge in [-0.15, -0.1) is 0 Å². The Morgan fingerprint density at radius 1 is 1.19 bits per heavy atom. The Balaban J connectivity index is 2.39. The maximum atomic E-state index is 12.4. The van der Waals surface area contributed by atoms with Gasteiger partial charge >= 0.3 is 0 Å². The number of hydrogen-bond donors (Lipinski definition) is 0. The number of aromatic nitrogens is 2. The first-order chi connectivity index (χ1) is 10.1. The van der Waals surface area contributed by atoms with Crippen LogP contribution in [0.2, 0.25) is 0 Å². The average Bonchev–Trinajstić information content (AvgIpc) is 2.48. The van der Waals surface area contributed by atoms with Crippen LogP contribution in [0.1, 0.15) is 5.56 Å². The van der Waals surface area contributed by atoms with Crippen molar-refractivity contribution in [3.63, 3.8) is 0 Å². The number of aryl methyl sites for hydroxylation is 1. The summed E-state index contributed by atoms with van der Waals surface area (Å²) in [4.78, 5) is 27.1. The average molecular weight is 281 g/mol. The van der Waals surface area contributed by atoms with Crippen molar-refractivity contribution in [3.8, 4) is 5.69 Å². The van der Waals surface area contributed by atoms with E-state index in [0.717, 1.165) is 5.39 Å². The largest absolute Gasteiger partial charge is 0.271 e. The highest BCUT2D eigenvalue weighted by Crippen LogP contribution is 2.19. The Morgan fingerprint density at radius 2 is 2.00 bits per heavy atom. The molecule has 6 heteroatoms. The van der Waals surface area contributed by atoms with Crippen molar-refractivity contribution in [1.29, 1.82) is 0 Å². The fourth-order valence-electron chi connectivity index (χ4n) is 2.26. The first kappa shape index (κ1) is 13.0. The molecular formula is C15H11N3O3. The van der Waals surface area contributed by atoms with Crippen molar-refractivity contribution in [1.82, 2.24) is 9.55 Å². The molecule has 1 aromatic carbocycles. The van der Waals surface area contributed by atoms with Gasteiger partial charge in [0.25, 0.3) is 11.2 Å². The summed E-state index contributed by atoms with van der Waals surface area (Å²) in [5, 5.41) is 11.7. The molecule has 0 aliphatic rings. The molecule has 2 aromatic heterocycles. The molecule has 0 amide bonds. The Hall–Kier alpha value is -3.02. The van der Waals surface area contributed by atoms with Gasteiger partial charge in [-0.1, -0.05) is 6.07 Å². The van der Waals surface area contributed by atoms with Crippen molar-refractivity contribution in [3.05, 3.63) is 74.7 Å². The fourth-order valence-corrected chi connectivity index (χ4v) is 2.26. The van der Waals surface area contributed by atoms with Gasteiger partial charge < -0.3 is 0 Å². The van der Waals surface area contributed by atoms with E-state index in [-0.39, 0.29) is 11.2 Å². The van der Waals surface area contributed by atoms with Crippen LogP contribution < -0.4 is 5.56 Å². The fraction of sp³-hybridized carbons (Fsp3) is 0.0667. The number of nitrogens with zero attached hydrogens (tertiary/aromatic N) is 3. The molecule has 0 saturated carbocycles. The van der Waals surface area contributed by atoms with Crippen molar-refractivity contribution < 1.29 is 4.92 Å². The van der Waals surface area contributed by atoms with Crippen LogP contribution >= 0.6 is 0 Å². The second kappa shape index (κ2) is 4.82. The second-order valence-corrected chi connectivity index (χ2v) is 4.66. The van der Waals surface area contributed by atoms with Crippen LogP contribution in [0, 0.1) is 17.0 Å². The summed E-state index contributed by atoms with van der Waals surface area (Å²) in [6.07, 6.45) is 1.59. The predicted molar refractivity (Wildman–Crippen MR) is 78.7 cm³/mol. The van der Waals surface area contributed by atoms with Gasteiger partial charge in [0.15, 0.2) is 0 Å². The van der Waals surface area contributed by atoms with Gasteiger partial charge in [-0.25, -0.2) is 4.98 Å². The third-order valence-corrected chi connectivity index (χ3v) is 3.24. The quantitative estimate of drug-likeness (QED) is 0.534. The van der Waals surface area contributed by atoms with Crippen LogP contribution in [0.15, 0.2) is 53.5 Å². The molecule has 104 valence electrons. The number of non-ortho nitro benzene ring substituents is 1. The van der Waals surface area contributed by atoms with E-state index in [1.54, 1.807) is 37.4 Å². The van der Waals surface area contributed by atoms with E-state index in [1.807, 2.05) is 6.07 Å². The van der Waals surface area contributed by atoms with E-state index in [4.69, 9.17) is 0 Å². The minimum Gasteiger partial charge on any atom is -0.269 e. The normalized spacial score (nSPS) is 10.7. The van der Waals surface area contributed by atoms with Gasteiger partial charge in [0, 0.05) is 29.3 Å². The minimum absolute atomic E-state index is 0.0648. The molecule has 0 unspecified atom stereocenters. The van der Waals surface area contributed by atoms with Crippen molar-refractivity contribution in [2.24, 2.45) is 0 Å². The van der Waals surface area contributed by atoms with Crippen LogP contribution in [0.25, 0.3) is 16.7 Å². The Bertz CT molecular complexity index is 915. The molecule has 0 radical (unpaired) electrons. The molecule has 0 atom stereocenters. The highest BCUT2D eigenvalue weighted by molar-refractivity contribution is 5.77. The van der Waals surface area contributed by atoms with Crippen molar-refractivity contribution in [2.75, 3.05) is 0 Å². The Kier molecular flexibility index (Phi) is 2.98. The number of pyridine rings is 2. The predicted octanol–water partition coefficient (Wildman–Crippen LogP) is 2.60. The van der Waals surface area contributed by atoms with Gasteiger partial charge in [-0.2, -0.15) is 0 Å². The monoisotopic (exact) mass is 281 g/mol. The third-order valence-electron chi connectivity index (χ3n) is 3.24. The number of fused-ring (bicyclic) bond motifs is 1. The number of nitro benzene ring substituents is 1. The van der Waals surface area contributed by atoms with E-state index in [0.29, 0.717) is 16.9 Å². The maximum absolute atomic E-state index is 12.4. The van der Waals surface area contributed by atoms with Gasteiger partial charge in [0.1, 0.15) is 5.65 Å². The van der Waals surface area contributed by atoms with E-state index >= 15 is 0 Å². The molecular weight excluding hydrogens is 270 g/mol.